The summed E-state index contributed by atoms with van der Waals surface area (Å²) in [5.74, 6) is -1.52. The van der Waals surface area contributed by atoms with Crippen molar-refractivity contribution >= 4 is 16.9 Å². The lowest BCUT2D eigenvalue weighted by atomic mass is 10.0. The quantitative estimate of drug-likeness (QED) is 0.654. The SMILES string of the molecule is CCOC(=O)CC(O)C(O)c1ccc2[nH]c(=O)oc(=O)c2c1. The Kier molecular flexibility index (Phi) is 4.74. The molecule has 0 bridgehead atoms. The number of aliphatic hydroxyl groups is 2. The Balaban J connectivity index is 2.28. The molecule has 8 nitrogen and oxygen atoms in total. The third kappa shape index (κ3) is 3.41. The number of aromatic amines is 1. The fraction of sp³-hybridized carbons (Fsp3) is 0.357. The van der Waals surface area contributed by atoms with Gasteiger partial charge in [-0.3, -0.25) is 9.78 Å². The monoisotopic (exact) mass is 309 g/mol. The molecular weight excluding hydrogens is 294 g/mol. The van der Waals surface area contributed by atoms with Gasteiger partial charge in [0, 0.05) is 0 Å². The lowest BCUT2D eigenvalue weighted by molar-refractivity contribution is -0.147. The van der Waals surface area contributed by atoms with Crippen LogP contribution in [0.5, 0.6) is 0 Å². The zero-order valence-corrected chi connectivity index (χ0v) is 11.7. The summed E-state index contributed by atoms with van der Waals surface area (Å²) in [6.45, 7) is 1.80. The fourth-order valence-corrected chi connectivity index (χ4v) is 2.02. The van der Waals surface area contributed by atoms with Crippen molar-refractivity contribution in [1.82, 2.24) is 4.98 Å². The van der Waals surface area contributed by atoms with E-state index in [0.29, 0.717) is 0 Å². The highest BCUT2D eigenvalue weighted by Gasteiger charge is 2.22. The van der Waals surface area contributed by atoms with E-state index in [0.717, 1.165) is 0 Å². The maximum Gasteiger partial charge on any atom is 0.419 e. The van der Waals surface area contributed by atoms with Gasteiger partial charge >= 0.3 is 17.4 Å². The van der Waals surface area contributed by atoms with Gasteiger partial charge in [0.05, 0.1) is 30.0 Å². The van der Waals surface area contributed by atoms with Crippen molar-refractivity contribution in [2.45, 2.75) is 25.6 Å². The number of fused-ring (bicyclic) bond motifs is 1. The van der Waals surface area contributed by atoms with Crippen LogP contribution in [0.2, 0.25) is 0 Å². The van der Waals surface area contributed by atoms with Crippen molar-refractivity contribution in [2.24, 2.45) is 0 Å². The molecule has 0 fully saturated rings. The van der Waals surface area contributed by atoms with Gasteiger partial charge in [0.25, 0.3) is 0 Å². The maximum absolute atomic E-state index is 11.6. The molecule has 8 heteroatoms. The van der Waals surface area contributed by atoms with Gasteiger partial charge in [-0.1, -0.05) is 6.07 Å². The summed E-state index contributed by atoms with van der Waals surface area (Å²) in [7, 11) is 0. The average molecular weight is 309 g/mol. The van der Waals surface area contributed by atoms with Crippen LogP contribution >= 0.6 is 0 Å². The molecule has 2 aromatic rings. The molecule has 2 unspecified atom stereocenters. The van der Waals surface area contributed by atoms with E-state index < -0.39 is 29.6 Å². The third-order valence-corrected chi connectivity index (χ3v) is 3.07. The minimum absolute atomic E-state index is 0.0551. The Bertz CT molecular complexity index is 792. The number of ether oxygens (including phenoxy) is 1. The van der Waals surface area contributed by atoms with E-state index in [4.69, 9.17) is 0 Å². The van der Waals surface area contributed by atoms with Crippen LogP contribution in [0.15, 0.2) is 32.2 Å². The van der Waals surface area contributed by atoms with E-state index in [1.807, 2.05) is 0 Å². The summed E-state index contributed by atoms with van der Waals surface area (Å²) in [6, 6.07) is 4.12. The predicted octanol–water partition coefficient (Wildman–Crippen LogP) is -0.171. The number of rotatable bonds is 5. The van der Waals surface area contributed by atoms with Crippen LogP contribution in [0.3, 0.4) is 0 Å². The average Bonchev–Trinajstić information content (AvgIpc) is 2.46. The van der Waals surface area contributed by atoms with Crippen molar-refractivity contribution in [3.63, 3.8) is 0 Å². The van der Waals surface area contributed by atoms with Crippen LogP contribution in [0.1, 0.15) is 25.0 Å². The summed E-state index contributed by atoms with van der Waals surface area (Å²) in [5.41, 5.74) is -0.395. The van der Waals surface area contributed by atoms with Crippen LogP contribution in [0, 0.1) is 0 Å². The number of benzene rings is 1. The van der Waals surface area contributed by atoms with Gasteiger partial charge in [-0.15, -0.1) is 0 Å². The number of esters is 1. The Morgan fingerprint density at radius 2 is 2.09 bits per heavy atom. The Morgan fingerprint density at radius 3 is 2.77 bits per heavy atom. The molecule has 118 valence electrons. The van der Waals surface area contributed by atoms with Gasteiger partial charge in [0.2, 0.25) is 0 Å². The summed E-state index contributed by atoms with van der Waals surface area (Å²) < 4.78 is 9.08. The molecule has 0 aliphatic carbocycles. The van der Waals surface area contributed by atoms with Crippen LogP contribution in [0.4, 0.5) is 0 Å². The number of hydrogen-bond acceptors (Lipinski definition) is 7. The van der Waals surface area contributed by atoms with Crippen molar-refractivity contribution in [2.75, 3.05) is 6.61 Å². The molecule has 2 rings (SSSR count). The van der Waals surface area contributed by atoms with Crippen molar-refractivity contribution in [3.8, 4) is 0 Å². The number of aliphatic hydroxyl groups excluding tert-OH is 2. The van der Waals surface area contributed by atoms with E-state index in [1.54, 1.807) is 6.92 Å². The highest BCUT2D eigenvalue weighted by atomic mass is 16.5. The van der Waals surface area contributed by atoms with Crippen molar-refractivity contribution in [3.05, 3.63) is 44.7 Å². The smallest absolute Gasteiger partial charge is 0.419 e. The van der Waals surface area contributed by atoms with E-state index in [2.05, 4.69) is 14.1 Å². The molecule has 0 aliphatic rings. The summed E-state index contributed by atoms with van der Waals surface area (Å²) in [6.07, 6.45) is -3.15. The van der Waals surface area contributed by atoms with Gasteiger partial charge in [-0.25, -0.2) is 9.59 Å². The number of nitrogens with one attached hydrogen (secondary N) is 1. The lowest BCUT2D eigenvalue weighted by Gasteiger charge is -2.17. The van der Waals surface area contributed by atoms with E-state index in [-0.39, 0.29) is 29.5 Å². The molecule has 0 saturated heterocycles. The molecule has 0 amide bonds. The molecule has 1 aromatic heterocycles. The van der Waals surface area contributed by atoms with Gasteiger partial charge in [0.1, 0.15) is 6.10 Å². The van der Waals surface area contributed by atoms with Gasteiger partial charge in [-0.2, -0.15) is 0 Å². The van der Waals surface area contributed by atoms with Crippen molar-refractivity contribution < 1.29 is 24.2 Å². The van der Waals surface area contributed by atoms with E-state index >= 15 is 0 Å². The molecule has 1 aromatic carbocycles. The molecule has 0 spiro atoms. The van der Waals surface area contributed by atoms with Gasteiger partial charge in [-0.05, 0) is 24.6 Å². The lowest BCUT2D eigenvalue weighted by Crippen LogP contribution is -2.23. The molecule has 0 saturated carbocycles. The summed E-state index contributed by atoms with van der Waals surface area (Å²) in [4.78, 5) is 36.3. The molecular formula is C14H15NO7. The largest absolute Gasteiger partial charge is 0.466 e. The third-order valence-electron chi connectivity index (χ3n) is 3.07. The predicted molar refractivity (Wildman–Crippen MR) is 75.3 cm³/mol. The van der Waals surface area contributed by atoms with Crippen LogP contribution in [0.25, 0.3) is 10.9 Å². The molecule has 0 radical (unpaired) electrons. The van der Waals surface area contributed by atoms with E-state index in [1.165, 1.54) is 18.2 Å². The summed E-state index contributed by atoms with van der Waals surface area (Å²) >= 11 is 0. The number of H-pyrrole nitrogens is 1. The standard InChI is InChI=1S/C14H15NO7/c1-2-21-11(17)6-10(16)12(18)7-3-4-9-8(5-7)13(19)22-14(20)15-9/h3-5,10,12,16,18H,2,6H2,1H3,(H,15,20). The fourth-order valence-electron chi connectivity index (χ4n) is 2.02. The number of carbonyl (C=O) groups excluding carboxylic acids is 1. The molecule has 2 atom stereocenters. The molecule has 3 N–H and O–H groups in total. The molecule has 1 heterocycles. The molecule has 0 aliphatic heterocycles. The minimum Gasteiger partial charge on any atom is -0.466 e. The number of aromatic nitrogens is 1. The first kappa shape index (κ1) is 15.9. The Morgan fingerprint density at radius 1 is 1.36 bits per heavy atom. The second kappa shape index (κ2) is 6.54. The van der Waals surface area contributed by atoms with Crippen molar-refractivity contribution in [1.29, 1.82) is 0 Å². The Hall–Kier alpha value is -2.45. The summed E-state index contributed by atoms with van der Waals surface area (Å²) in [5, 5.41) is 19.9. The van der Waals surface area contributed by atoms with Crippen LogP contribution in [-0.4, -0.2) is 33.9 Å². The van der Waals surface area contributed by atoms with E-state index in [9.17, 15) is 24.6 Å². The zero-order chi connectivity index (χ0) is 16.3. The first-order valence-corrected chi connectivity index (χ1v) is 6.61. The molecule has 22 heavy (non-hydrogen) atoms. The number of carbonyl (C=O) groups is 1. The van der Waals surface area contributed by atoms with Crippen LogP contribution < -0.4 is 11.4 Å². The first-order valence-electron chi connectivity index (χ1n) is 6.61. The number of hydrogen-bond donors (Lipinski definition) is 3. The van der Waals surface area contributed by atoms with Crippen LogP contribution in [-0.2, 0) is 9.53 Å². The first-order chi connectivity index (χ1) is 10.4. The second-order valence-electron chi connectivity index (χ2n) is 4.63. The zero-order valence-electron chi connectivity index (χ0n) is 11.7. The topological polar surface area (TPSA) is 130 Å². The second-order valence-corrected chi connectivity index (χ2v) is 4.63. The normalized spacial score (nSPS) is 13.8. The van der Waals surface area contributed by atoms with Gasteiger partial charge < -0.3 is 19.4 Å². The Labute approximate surface area is 124 Å². The highest BCUT2D eigenvalue weighted by molar-refractivity contribution is 5.77. The maximum atomic E-state index is 11.6. The van der Waals surface area contributed by atoms with Gasteiger partial charge in [0.15, 0.2) is 0 Å². The minimum atomic E-state index is -1.39. The highest BCUT2D eigenvalue weighted by Crippen LogP contribution is 2.21.